The third kappa shape index (κ3) is 7.98. The molecule has 3 aromatic carbocycles. The number of rotatable bonds is 11. The number of halogens is 4. The van der Waals surface area contributed by atoms with E-state index in [1.54, 1.807) is 25.2 Å². The second-order valence-electron chi connectivity index (χ2n) is 12.4. The number of aromatic nitrogens is 1. The molecule has 0 atom stereocenters. The van der Waals surface area contributed by atoms with Gasteiger partial charge in [0.2, 0.25) is 17.7 Å². The Morgan fingerprint density at radius 1 is 0.882 bits per heavy atom. The quantitative estimate of drug-likeness (QED) is 0.125. The van der Waals surface area contributed by atoms with Gasteiger partial charge in [-0.25, -0.2) is 4.39 Å². The monoisotopic (exact) mass is 709 g/mol. The van der Waals surface area contributed by atoms with E-state index in [2.05, 4.69) is 25.8 Å². The first kappa shape index (κ1) is 35.4. The van der Waals surface area contributed by atoms with Gasteiger partial charge in [-0.05, 0) is 74.2 Å². The molecular weight excluding hydrogens is 674 g/mol. The van der Waals surface area contributed by atoms with Crippen LogP contribution in [0.2, 0.25) is 0 Å². The van der Waals surface area contributed by atoms with Crippen LogP contribution >= 0.6 is 0 Å². The first-order valence-corrected chi connectivity index (χ1v) is 16.2. The summed E-state index contributed by atoms with van der Waals surface area (Å²) in [6, 6.07) is 12.7. The number of likely N-dealkylation sites (N-methyl/N-ethyl adjacent to an activating group) is 1. The highest BCUT2D eigenvalue weighted by Crippen LogP contribution is 2.48. The molecular formula is C36H35F4N5O6. The van der Waals surface area contributed by atoms with Gasteiger partial charge in [-0.2, -0.15) is 13.2 Å². The Morgan fingerprint density at radius 3 is 2.16 bits per heavy atom. The molecule has 268 valence electrons. The van der Waals surface area contributed by atoms with Crippen molar-refractivity contribution in [1.29, 1.82) is 0 Å². The maximum Gasteiger partial charge on any atom is 0.416 e. The number of pyridine rings is 1. The highest BCUT2D eigenvalue weighted by molar-refractivity contribution is 6.16. The normalized spacial score (nSPS) is 15.9. The Kier molecular flexibility index (Phi) is 10.0. The summed E-state index contributed by atoms with van der Waals surface area (Å²) in [5, 5.41) is 8.23. The molecule has 1 aliphatic heterocycles. The van der Waals surface area contributed by atoms with Crippen molar-refractivity contribution in [3.05, 3.63) is 78.2 Å². The predicted molar refractivity (Wildman–Crippen MR) is 179 cm³/mol. The predicted octanol–water partition coefficient (Wildman–Crippen LogP) is 6.14. The van der Waals surface area contributed by atoms with Gasteiger partial charge in [0, 0.05) is 55.2 Å². The zero-order valence-electron chi connectivity index (χ0n) is 27.7. The van der Waals surface area contributed by atoms with E-state index in [1.165, 1.54) is 25.4 Å². The number of carbonyl (C=O) groups is 3. The molecule has 51 heavy (non-hydrogen) atoms. The Morgan fingerprint density at radius 2 is 1.55 bits per heavy atom. The molecule has 6 rings (SSSR count). The molecule has 0 unspecified atom stereocenters. The van der Waals surface area contributed by atoms with Gasteiger partial charge in [0.15, 0.2) is 23.1 Å². The van der Waals surface area contributed by atoms with Crippen molar-refractivity contribution in [3.8, 4) is 23.0 Å². The number of nitrogens with zero attached hydrogens (tertiary/aromatic N) is 2. The molecule has 0 spiro atoms. The van der Waals surface area contributed by atoms with Crippen molar-refractivity contribution >= 4 is 40.0 Å². The first-order valence-electron chi connectivity index (χ1n) is 16.2. The number of likely N-dealkylation sites (tertiary alicyclic amines) is 1. The summed E-state index contributed by atoms with van der Waals surface area (Å²) in [6.07, 6.45) is -1.21. The smallest absolute Gasteiger partial charge is 0.416 e. The largest absolute Gasteiger partial charge is 0.493 e. The maximum absolute atomic E-state index is 15.3. The maximum atomic E-state index is 15.3. The summed E-state index contributed by atoms with van der Waals surface area (Å²) < 4.78 is 71.8. The van der Waals surface area contributed by atoms with Crippen LogP contribution in [0.4, 0.5) is 28.9 Å². The fraction of sp³-hybridized carbons (Fsp3) is 0.333. The number of carbonyl (C=O) groups excluding carboxylic acids is 3. The van der Waals surface area contributed by atoms with Gasteiger partial charge < -0.3 is 30.2 Å². The third-order valence-corrected chi connectivity index (χ3v) is 8.96. The standard InChI is InChI=1S/C36H35F4N5O6/c1-41-32(46)20-45-15-10-24(11-16-45)50-31-19-27-25(18-30(31)49-2)28(9-14-42-27)51-29-8-7-23(17-26(29)37)44-34(48)35(12-13-35)33(47)43-22-5-3-21(4-6-22)36(38,39)40/h3-9,14,17-19,24H,10-13,15-16,20H2,1-2H3,(H,41,46)(H,43,47)(H,44,48). The van der Waals surface area contributed by atoms with Gasteiger partial charge in [0.05, 0.1) is 24.7 Å². The van der Waals surface area contributed by atoms with Crippen LogP contribution < -0.4 is 30.2 Å². The van der Waals surface area contributed by atoms with Gasteiger partial charge in [0.25, 0.3) is 0 Å². The number of amides is 3. The van der Waals surface area contributed by atoms with E-state index in [4.69, 9.17) is 14.2 Å². The first-order chi connectivity index (χ1) is 24.4. The topological polar surface area (TPSA) is 131 Å². The zero-order chi connectivity index (χ0) is 36.3. The summed E-state index contributed by atoms with van der Waals surface area (Å²) in [5.74, 6) is -1.08. The van der Waals surface area contributed by atoms with E-state index >= 15 is 4.39 Å². The van der Waals surface area contributed by atoms with Gasteiger partial charge in [-0.15, -0.1) is 0 Å². The minimum Gasteiger partial charge on any atom is -0.493 e. The van der Waals surface area contributed by atoms with Crippen LogP contribution in [-0.2, 0) is 20.6 Å². The molecule has 3 amide bonds. The second-order valence-corrected chi connectivity index (χ2v) is 12.4. The van der Waals surface area contributed by atoms with E-state index in [0.29, 0.717) is 47.8 Å². The molecule has 0 radical (unpaired) electrons. The fourth-order valence-electron chi connectivity index (χ4n) is 5.82. The van der Waals surface area contributed by atoms with E-state index in [0.717, 1.165) is 43.2 Å². The van der Waals surface area contributed by atoms with Gasteiger partial charge in [-0.3, -0.25) is 24.3 Å². The lowest BCUT2D eigenvalue weighted by Gasteiger charge is -2.31. The molecule has 4 aromatic rings. The second kappa shape index (κ2) is 14.4. The summed E-state index contributed by atoms with van der Waals surface area (Å²) in [5.41, 5.74) is -1.58. The van der Waals surface area contributed by atoms with Crippen LogP contribution in [0.25, 0.3) is 10.9 Å². The number of hydrogen-bond donors (Lipinski definition) is 3. The number of piperidine rings is 1. The van der Waals surface area contributed by atoms with Crippen LogP contribution in [0, 0.1) is 11.2 Å². The number of nitrogens with one attached hydrogen (secondary N) is 3. The number of hydrogen-bond acceptors (Lipinski definition) is 8. The highest BCUT2D eigenvalue weighted by atomic mass is 19.4. The van der Waals surface area contributed by atoms with E-state index < -0.39 is 34.8 Å². The van der Waals surface area contributed by atoms with Crippen LogP contribution in [0.15, 0.2) is 66.9 Å². The number of anilines is 2. The summed E-state index contributed by atoms with van der Waals surface area (Å²) in [6.45, 7) is 1.75. The number of ether oxygens (including phenoxy) is 3. The molecule has 1 aliphatic carbocycles. The van der Waals surface area contributed by atoms with Crippen molar-refractivity contribution in [2.75, 3.05) is 44.4 Å². The Balaban J connectivity index is 1.10. The molecule has 15 heteroatoms. The van der Waals surface area contributed by atoms with Gasteiger partial charge >= 0.3 is 6.18 Å². The molecule has 3 N–H and O–H groups in total. The average Bonchev–Trinajstić information content (AvgIpc) is 3.93. The highest BCUT2D eigenvalue weighted by Gasteiger charge is 2.56. The molecule has 2 aliphatic rings. The Hall–Kier alpha value is -5.44. The molecule has 2 fully saturated rings. The number of benzene rings is 3. The summed E-state index contributed by atoms with van der Waals surface area (Å²) in [7, 11) is 3.12. The SMILES string of the molecule is CNC(=O)CN1CCC(Oc2cc3nccc(Oc4ccc(NC(=O)C5(C(=O)Nc6ccc(C(F)(F)F)cc6)CC5)cc4F)c3cc2OC)CC1. The Labute approximate surface area is 290 Å². The van der Waals surface area contributed by atoms with Gasteiger partial charge in [-0.1, -0.05) is 0 Å². The molecule has 11 nitrogen and oxygen atoms in total. The minimum absolute atomic E-state index is 0.0376. The van der Waals surface area contributed by atoms with Crippen LogP contribution in [0.5, 0.6) is 23.0 Å². The number of alkyl halides is 3. The molecule has 1 saturated heterocycles. The zero-order valence-corrected chi connectivity index (χ0v) is 27.7. The average molecular weight is 710 g/mol. The summed E-state index contributed by atoms with van der Waals surface area (Å²) in [4.78, 5) is 44.3. The van der Waals surface area contributed by atoms with Crippen molar-refractivity contribution in [2.45, 2.75) is 38.0 Å². The lowest BCUT2D eigenvalue weighted by Crippen LogP contribution is -2.43. The third-order valence-electron chi connectivity index (χ3n) is 8.96. The van der Waals surface area contributed by atoms with E-state index in [-0.39, 0.29) is 42.0 Å². The van der Waals surface area contributed by atoms with Crippen LogP contribution in [-0.4, -0.2) is 67.5 Å². The summed E-state index contributed by atoms with van der Waals surface area (Å²) >= 11 is 0. The minimum atomic E-state index is -4.52. The van der Waals surface area contributed by atoms with E-state index in [9.17, 15) is 27.6 Å². The molecule has 1 aromatic heterocycles. The van der Waals surface area contributed by atoms with Crippen molar-refractivity contribution in [1.82, 2.24) is 15.2 Å². The fourth-order valence-corrected chi connectivity index (χ4v) is 5.82. The van der Waals surface area contributed by atoms with Crippen molar-refractivity contribution in [3.63, 3.8) is 0 Å². The number of methoxy groups -OCH3 is 1. The molecule has 0 bridgehead atoms. The van der Waals surface area contributed by atoms with Crippen molar-refractivity contribution in [2.24, 2.45) is 5.41 Å². The number of fused-ring (bicyclic) bond motifs is 1. The van der Waals surface area contributed by atoms with Crippen molar-refractivity contribution < 1.29 is 46.2 Å². The lowest BCUT2D eigenvalue weighted by atomic mass is 10.0. The lowest BCUT2D eigenvalue weighted by molar-refractivity contribution is -0.137. The van der Waals surface area contributed by atoms with Crippen LogP contribution in [0.1, 0.15) is 31.2 Å². The van der Waals surface area contributed by atoms with E-state index in [1.807, 2.05) is 0 Å². The molecule has 2 heterocycles. The molecule has 1 saturated carbocycles. The van der Waals surface area contributed by atoms with Crippen LogP contribution in [0.3, 0.4) is 0 Å². The van der Waals surface area contributed by atoms with Gasteiger partial charge in [0.1, 0.15) is 17.3 Å². The Bertz CT molecular complexity index is 1940.